The molecule has 1 amide bonds. The number of carbonyl (C=O) groups is 7. The SMILES string of the molecule is COCCOCC(=O)O[C@@H](C(=O)O[C@H]1C[C@@]2(O)[C@@H](OC(=O)c3ccccc3)[C@@H]3[C@]4(OC(C)=O)CO[C@@H]4CC[C@H](O)[C@@]3(C)C(=O)[C@H](OC(C)=O)C(=C1C)C2(C)C)[C@@H](NC(=O)c1ccccc1)c1ccccc1. The van der Waals surface area contributed by atoms with Gasteiger partial charge in [0.05, 0.1) is 42.8 Å². The summed E-state index contributed by atoms with van der Waals surface area (Å²) in [6.07, 6.45) is -10.5. The Labute approximate surface area is 411 Å². The summed E-state index contributed by atoms with van der Waals surface area (Å²) < 4.78 is 47.4. The average Bonchev–Trinajstić information content (AvgIpc) is 3.39. The highest BCUT2D eigenvalue weighted by molar-refractivity contribution is 5.96. The second-order valence-corrected chi connectivity index (χ2v) is 19.2. The number of ether oxygens (including phenoxy) is 8. The van der Waals surface area contributed by atoms with Crippen LogP contribution in [0.2, 0.25) is 0 Å². The smallest absolute Gasteiger partial charge is 0.350 e. The first-order valence-electron chi connectivity index (χ1n) is 23.5. The van der Waals surface area contributed by atoms with E-state index in [4.69, 9.17) is 37.9 Å². The van der Waals surface area contributed by atoms with Crippen molar-refractivity contribution in [2.45, 2.75) is 115 Å². The average molecular weight is 984 g/mol. The molecule has 1 aliphatic heterocycles. The van der Waals surface area contributed by atoms with E-state index in [0.717, 1.165) is 13.8 Å². The molecular formula is C53H61NO17. The maximum Gasteiger partial charge on any atom is 0.350 e. The molecule has 0 radical (unpaired) electrons. The molecule has 0 unspecified atom stereocenters. The van der Waals surface area contributed by atoms with Crippen LogP contribution in [0.4, 0.5) is 0 Å². The monoisotopic (exact) mass is 983 g/mol. The molecule has 18 heteroatoms. The van der Waals surface area contributed by atoms with Gasteiger partial charge in [-0.3, -0.25) is 19.2 Å². The highest BCUT2D eigenvalue weighted by atomic mass is 16.6. The Balaban J connectivity index is 1.42. The van der Waals surface area contributed by atoms with Crippen LogP contribution in [0.25, 0.3) is 0 Å². The number of hydrogen-bond donors (Lipinski definition) is 3. The quantitative estimate of drug-likeness (QED) is 0.0782. The van der Waals surface area contributed by atoms with Crippen molar-refractivity contribution in [1.82, 2.24) is 5.32 Å². The lowest BCUT2D eigenvalue weighted by atomic mass is 9.47. The topological polar surface area (TPSA) is 246 Å². The molecule has 7 rings (SSSR count). The van der Waals surface area contributed by atoms with E-state index >= 15 is 9.59 Å². The van der Waals surface area contributed by atoms with Gasteiger partial charge in [-0.1, -0.05) is 80.6 Å². The molecule has 3 aliphatic carbocycles. The van der Waals surface area contributed by atoms with Gasteiger partial charge in [-0.25, -0.2) is 14.4 Å². The van der Waals surface area contributed by atoms with Crippen LogP contribution in [0.5, 0.6) is 0 Å². The van der Waals surface area contributed by atoms with Gasteiger partial charge in [0.1, 0.15) is 36.6 Å². The molecule has 0 spiro atoms. The number of esters is 5. The van der Waals surface area contributed by atoms with Gasteiger partial charge in [0.25, 0.3) is 5.91 Å². The molecule has 3 aromatic rings. The Morgan fingerprint density at radius 1 is 0.817 bits per heavy atom. The number of methoxy groups -OCH3 is 1. The fourth-order valence-corrected chi connectivity index (χ4v) is 11.0. The lowest BCUT2D eigenvalue weighted by Gasteiger charge is -2.63. The summed E-state index contributed by atoms with van der Waals surface area (Å²) in [6.45, 7) is 7.42. The van der Waals surface area contributed by atoms with Gasteiger partial charge < -0.3 is 53.4 Å². The number of fused-ring (bicyclic) bond motifs is 5. The number of Topliss-reactive ketones (excluding diaryl/α,β-unsaturated/α-hetero) is 1. The molecule has 1 heterocycles. The fraction of sp³-hybridized carbons (Fsp3) is 0.491. The minimum Gasteiger partial charge on any atom is -0.455 e. The van der Waals surface area contributed by atoms with Crippen LogP contribution >= 0.6 is 0 Å². The largest absolute Gasteiger partial charge is 0.455 e. The van der Waals surface area contributed by atoms with Crippen molar-refractivity contribution < 1.29 is 81.7 Å². The molecule has 0 aromatic heterocycles. The lowest BCUT2D eigenvalue weighted by molar-refractivity contribution is -0.314. The standard InChI is InChI=1S/C53H61NO17/c1-30-36(68-49(62)43(69-39(58)28-65-26-25-64-7)41(33-17-11-8-12-18-33)54-47(60)34-19-13-9-14-20-34)27-53(63)46(70-48(61)35-21-15-10-16-22-35)44-51(6,45(59)42(67-31(2)55)40(30)50(53,4)5)37(57)23-24-38-52(44,29-66-38)71-32(3)56/h8-22,36-38,41-44,46,57,63H,23-29H2,1-7H3,(H,54,60)/t36-,37-,38+,41-,42+,43+,44-,46-,51+,52-,53+/m0/s1. The normalized spacial score (nSPS) is 29.4. The molecule has 11 atom stereocenters. The highest BCUT2D eigenvalue weighted by Gasteiger charge is 2.77. The highest BCUT2D eigenvalue weighted by Crippen LogP contribution is 2.63. The van der Waals surface area contributed by atoms with E-state index in [1.165, 1.54) is 33.1 Å². The number of nitrogens with one attached hydrogen (secondary N) is 1. The van der Waals surface area contributed by atoms with Crippen molar-refractivity contribution >= 4 is 41.5 Å². The van der Waals surface area contributed by atoms with Gasteiger partial charge in [0.2, 0.25) is 6.10 Å². The minimum absolute atomic E-state index is 0.00229. The molecule has 71 heavy (non-hydrogen) atoms. The van der Waals surface area contributed by atoms with Gasteiger partial charge in [-0.2, -0.15) is 0 Å². The van der Waals surface area contributed by atoms with Crippen LogP contribution in [0, 0.1) is 16.7 Å². The maximum atomic E-state index is 15.8. The summed E-state index contributed by atoms with van der Waals surface area (Å²) in [7, 11) is 1.44. The predicted octanol–water partition coefficient (Wildman–Crippen LogP) is 4.34. The third-order valence-corrected chi connectivity index (χ3v) is 14.6. The van der Waals surface area contributed by atoms with Crippen LogP contribution in [-0.2, 0) is 61.9 Å². The number of carbonyl (C=O) groups excluding carboxylic acids is 7. The van der Waals surface area contributed by atoms with Gasteiger partial charge >= 0.3 is 29.8 Å². The molecule has 4 aliphatic rings. The van der Waals surface area contributed by atoms with Crippen LogP contribution in [0.1, 0.15) is 93.1 Å². The van der Waals surface area contributed by atoms with Gasteiger partial charge in [0.15, 0.2) is 17.5 Å². The van der Waals surface area contributed by atoms with Crippen LogP contribution < -0.4 is 5.32 Å². The fourth-order valence-electron chi connectivity index (χ4n) is 11.0. The molecule has 2 saturated carbocycles. The molecule has 2 bridgehead atoms. The Morgan fingerprint density at radius 2 is 1.44 bits per heavy atom. The van der Waals surface area contributed by atoms with E-state index < -0.39 is 125 Å². The number of aliphatic hydroxyl groups is 2. The van der Waals surface area contributed by atoms with E-state index in [1.807, 2.05) is 0 Å². The van der Waals surface area contributed by atoms with E-state index in [2.05, 4.69) is 5.32 Å². The van der Waals surface area contributed by atoms with Crippen LogP contribution in [-0.4, -0.2) is 133 Å². The molecular weight excluding hydrogens is 923 g/mol. The zero-order valence-electron chi connectivity index (χ0n) is 40.7. The number of amides is 1. The Hall–Kier alpha value is -6.31. The van der Waals surface area contributed by atoms with Crippen molar-refractivity contribution in [1.29, 1.82) is 0 Å². The third-order valence-electron chi connectivity index (χ3n) is 14.6. The Bertz CT molecular complexity index is 2510. The zero-order chi connectivity index (χ0) is 51.5. The number of aliphatic hydroxyl groups excluding tert-OH is 1. The third kappa shape index (κ3) is 10.00. The molecule has 3 fully saturated rings. The van der Waals surface area contributed by atoms with E-state index in [9.17, 15) is 34.2 Å². The van der Waals surface area contributed by atoms with Gasteiger partial charge in [0, 0.05) is 38.4 Å². The summed E-state index contributed by atoms with van der Waals surface area (Å²) in [5, 5.41) is 29.2. The Kier molecular flexibility index (Phi) is 15.7. The summed E-state index contributed by atoms with van der Waals surface area (Å²) >= 11 is 0. The van der Waals surface area contributed by atoms with E-state index in [1.54, 1.807) is 92.7 Å². The lowest BCUT2D eigenvalue weighted by Crippen LogP contribution is -2.78. The maximum absolute atomic E-state index is 15.8. The summed E-state index contributed by atoms with van der Waals surface area (Å²) in [5.41, 5.74) is -7.48. The Morgan fingerprint density at radius 3 is 2.01 bits per heavy atom. The molecule has 380 valence electrons. The first kappa shape index (κ1) is 52.5. The summed E-state index contributed by atoms with van der Waals surface area (Å²) in [6, 6.07) is 22.7. The molecule has 3 aromatic carbocycles. The number of rotatable bonds is 16. The van der Waals surface area contributed by atoms with E-state index in [-0.39, 0.29) is 54.9 Å². The first-order valence-corrected chi connectivity index (χ1v) is 23.5. The van der Waals surface area contributed by atoms with Crippen molar-refractivity contribution in [2.75, 3.05) is 33.5 Å². The van der Waals surface area contributed by atoms with E-state index in [0.29, 0.717) is 5.56 Å². The van der Waals surface area contributed by atoms with Crippen LogP contribution in [0.3, 0.4) is 0 Å². The van der Waals surface area contributed by atoms with Crippen LogP contribution in [0.15, 0.2) is 102 Å². The molecule has 18 nitrogen and oxygen atoms in total. The van der Waals surface area contributed by atoms with Gasteiger partial charge in [-0.15, -0.1) is 0 Å². The van der Waals surface area contributed by atoms with Gasteiger partial charge in [-0.05, 0) is 67.7 Å². The predicted molar refractivity (Wildman–Crippen MR) is 249 cm³/mol. The number of hydrogen-bond acceptors (Lipinski definition) is 17. The second-order valence-electron chi connectivity index (χ2n) is 19.2. The number of ketones is 1. The molecule has 3 N–H and O–H groups in total. The molecule has 1 saturated heterocycles. The second kappa shape index (κ2) is 21.2. The minimum atomic E-state index is -2.47. The number of benzene rings is 3. The van der Waals surface area contributed by atoms with Crippen molar-refractivity contribution in [3.05, 3.63) is 119 Å². The van der Waals surface area contributed by atoms with Crippen molar-refractivity contribution in [3.8, 4) is 0 Å². The first-order chi connectivity index (χ1) is 33.7. The zero-order valence-corrected chi connectivity index (χ0v) is 40.7. The van der Waals surface area contributed by atoms with Crippen molar-refractivity contribution in [3.63, 3.8) is 0 Å². The summed E-state index contributed by atoms with van der Waals surface area (Å²) in [5.74, 6) is -8.06. The van der Waals surface area contributed by atoms with Crippen molar-refractivity contribution in [2.24, 2.45) is 16.7 Å². The summed E-state index contributed by atoms with van der Waals surface area (Å²) in [4.78, 5) is 99.6.